The normalized spacial score (nSPS) is 12.5. The van der Waals surface area contributed by atoms with Crippen LogP contribution < -0.4 is 5.32 Å². The minimum Gasteiger partial charge on any atom is -0.396 e. The average Bonchev–Trinajstić information content (AvgIpc) is 2.18. The van der Waals surface area contributed by atoms with Crippen molar-refractivity contribution >= 4 is 5.91 Å². The summed E-state index contributed by atoms with van der Waals surface area (Å²) in [7, 11) is 3.50. The Kier molecular flexibility index (Phi) is 8.33. The van der Waals surface area contributed by atoms with Gasteiger partial charge in [0.25, 0.3) is 0 Å². The van der Waals surface area contributed by atoms with Gasteiger partial charge in [-0.1, -0.05) is 13.3 Å². The highest BCUT2D eigenvalue weighted by atomic mass is 16.3. The van der Waals surface area contributed by atoms with Gasteiger partial charge < -0.3 is 15.3 Å². The van der Waals surface area contributed by atoms with E-state index in [1.807, 2.05) is 0 Å². The Morgan fingerprint density at radius 1 is 1.40 bits per heavy atom. The molecular weight excluding hydrogens is 192 g/mol. The third-order valence-electron chi connectivity index (χ3n) is 2.44. The number of aliphatic hydroxyl groups excluding tert-OH is 1. The first-order valence-corrected chi connectivity index (χ1v) is 5.63. The van der Waals surface area contributed by atoms with Crippen molar-refractivity contribution in [2.75, 3.05) is 33.8 Å². The van der Waals surface area contributed by atoms with Crippen LogP contribution in [0.15, 0.2) is 0 Å². The highest BCUT2D eigenvalue weighted by molar-refractivity contribution is 5.77. The molecule has 0 aliphatic carbocycles. The van der Waals surface area contributed by atoms with Crippen molar-refractivity contribution in [3.63, 3.8) is 0 Å². The Bertz CT molecular complexity index is 166. The topological polar surface area (TPSA) is 52.6 Å². The first-order chi connectivity index (χ1) is 7.11. The molecule has 0 aliphatic heterocycles. The third kappa shape index (κ3) is 7.33. The summed E-state index contributed by atoms with van der Waals surface area (Å²) in [6, 6.07) is 0. The lowest BCUT2D eigenvalue weighted by atomic mass is 10.0. The van der Waals surface area contributed by atoms with Crippen LogP contribution in [-0.2, 0) is 4.79 Å². The zero-order valence-electron chi connectivity index (χ0n) is 10.1. The number of carbonyl (C=O) groups excluding carboxylic acids is 1. The maximum Gasteiger partial charge on any atom is 0.236 e. The summed E-state index contributed by atoms with van der Waals surface area (Å²) in [5.41, 5.74) is 0. The number of hydrogen-bond acceptors (Lipinski definition) is 3. The summed E-state index contributed by atoms with van der Waals surface area (Å²) in [6.45, 7) is 3.57. The fraction of sp³-hybridized carbons (Fsp3) is 0.909. The van der Waals surface area contributed by atoms with E-state index >= 15 is 0 Å². The molecule has 2 N–H and O–H groups in total. The van der Waals surface area contributed by atoms with Crippen molar-refractivity contribution in [1.82, 2.24) is 10.2 Å². The maximum atomic E-state index is 11.3. The van der Waals surface area contributed by atoms with Gasteiger partial charge in [-0.3, -0.25) is 4.79 Å². The summed E-state index contributed by atoms with van der Waals surface area (Å²) < 4.78 is 0. The second kappa shape index (κ2) is 8.68. The molecular formula is C11H24N2O2. The molecule has 0 saturated carbocycles. The van der Waals surface area contributed by atoms with Gasteiger partial charge in [0.15, 0.2) is 0 Å². The molecule has 1 atom stereocenters. The Balaban J connectivity index is 3.65. The molecule has 0 aromatic carbocycles. The van der Waals surface area contributed by atoms with Crippen molar-refractivity contribution in [3.05, 3.63) is 0 Å². The summed E-state index contributed by atoms with van der Waals surface area (Å²) in [4.78, 5) is 12.8. The molecule has 0 spiro atoms. The number of aliphatic hydroxyl groups is 1. The number of nitrogens with zero attached hydrogens (tertiary/aromatic N) is 1. The van der Waals surface area contributed by atoms with E-state index in [4.69, 9.17) is 5.11 Å². The van der Waals surface area contributed by atoms with Crippen LogP contribution >= 0.6 is 0 Å². The monoisotopic (exact) mass is 216 g/mol. The van der Waals surface area contributed by atoms with Crippen LogP contribution in [0.4, 0.5) is 0 Å². The molecule has 0 saturated heterocycles. The van der Waals surface area contributed by atoms with Crippen molar-refractivity contribution in [2.45, 2.75) is 26.2 Å². The van der Waals surface area contributed by atoms with Crippen LogP contribution in [0.2, 0.25) is 0 Å². The highest BCUT2D eigenvalue weighted by Gasteiger charge is 2.08. The molecule has 0 aromatic heterocycles. The minimum atomic E-state index is 0.0919. The van der Waals surface area contributed by atoms with Gasteiger partial charge in [-0.25, -0.2) is 0 Å². The zero-order chi connectivity index (χ0) is 11.7. The molecule has 0 aromatic rings. The molecule has 0 heterocycles. The van der Waals surface area contributed by atoms with E-state index in [1.165, 1.54) is 0 Å². The highest BCUT2D eigenvalue weighted by Crippen LogP contribution is 2.08. The Hall–Kier alpha value is -0.610. The lowest BCUT2D eigenvalue weighted by Gasteiger charge is -2.16. The first-order valence-electron chi connectivity index (χ1n) is 5.63. The molecule has 4 nitrogen and oxygen atoms in total. The average molecular weight is 216 g/mol. The molecule has 1 amide bonds. The Morgan fingerprint density at radius 3 is 2.53 bits per heavy atom. The van der Waals surface area contributed by atoms with Gasteiger partial charge in [0, 0.05) is 20.7 Å². The summed E-state index contributed by atoms with van der Waals surface area (Å²) in [5.74, 6) is 0.573. The van der Waals surface area contributed by atoms with Gasteiger partial charge in [0.2, 0.25) is 5.91 Å². The second-order valence-corrected chi connectivity index (χ2v) is 4.09. The molecule has 1 unspecified atom stereocenters. The van der Waals surface area contributed by atoms with E-state index in [0.29, 0.717) is 12.5 Å². The molecule has 90 valence electrons. The van der Waals surface area contributed by atoms with Crippen molar-refractivity contribution in [3.8, 4) is 0 Å². The lowest BCUT2D eigenvalue weighted by Crippen LogP contribution is -2.35. The van der Waals surface area contributed by atoms with Crippen LogP contribution in [0.3, 0.4) is 0 Å². The molecule has 0 bridgehead atoms. The van der Waals surface area contributed by atoms with E-state index in [2.05, 4.69) is 12.2 Å². The molecule has 4 heteroatoms. The van der Waals surface area contributed by atoms with E-state index < -0.39 is 0 Å². The quantitative estimate of drug-likeness (QED) is 0.620. The van der Waals surface area contributed by atoms with Crippen LogP contribution in [0.5, 0.6) is 0 Å². The maximum absolute atomic E-state index is 11.3. The van der Waals surface area contributed by atoms with E-state index in [-0.39, 0.29) is 12.5 Å². The number of carbonyl (C=O) groups is 1. The van der Waals surface area contributed by atoms with E-state index in [0.717, 1.165) is 25.8 Å². The summed E-state index contributed by atoms with van der Waals surface area (Å²) in [6.07, 6.45) is 3.04. The Morgan fingerprint density at radius 2 is 2.07 bits per heavy atom. The SMILES string of the molecule is CCCC(CCO)CNCC(=O)N(C)C. The number of amides is 1. The first kappa shape index (κ1) is 14.4. The molecule has 0 rings (SSSR count). The van der Waals surface area contributed by atoms with Crippen molar-refractivity contribution < 1.29 is 9.90 Å². The second-order valence-electron chi connectivity index (χ2n) is 4.09. The van der Waals surface area contributed by atoms with Gasteiger partial charge in [0.05, 0.1) is 6.54 Å². The molecule has 0 aliphatic rings. The predicted molar refractivity (Wildman–Crippen MR) is 61.7 cm³/mol. The number of likely N-dealkylation sites (N-methyl/N-ethyl adjacent to an activating group) is 1. The third-order valence-corrected chi connectivity index (χ3v) is 2.44. The standard InChI is InChI=1S/C11H24N2O2/c1-4-5-10(6-7-14)8-12-9-11(15)13(2)3/h10,12,14H,4-9H2,1-3H3. The van der Waals surface area contributed by atoms with Crippen LogP contribution in [0.25, 0.3) is 0 Å². The minimum absolute atomic E-state index is 0.0919. The summed E-state index contributed by atoms with van der Waals surface area (Å²) >= 11 is 0. The largest absolute Gasteiger partial charge is 0.396 e. The van der Waals surface area contributed by atoms with Crippen molar-refractivity contribution in [1.29, 1.82) is 0 Å². The number of nitrogens with one attached hydrogen (secondary N) is 1. The van der Waals surface area contributed by atoms with Crippen LogP contribution in [0, 0.1) is 5.92 Å². The zero-order valence-corrected chi connectivity index (χ0v) is 10.1. The fourth-order valence-electron chi connectivity index (χ4n) is 1.48. The molecule has 15 heavy (non-hydrogen) atoms. The molecule has 0 fully saturated rings. The Labute approximate surface area is 92.7 Å². The predicted octanol–water partition coefficient (Wildman–Crippen LogP) is 0.463. The van der Waals surface area contributed by atoms with Gasteiger partial charge in [-0.2, -0.15) is 0 Å². The number of rotatable bonds is 8. The molecule has 0 radical (unpaired) electrons. The summed E-state index contributed by atoms with van der Waals surface area (Å²) in [5, 5.41) is 12.0. The fourth-order valence-corrected chi connectivity index (χ4v) is 1.48. The van der Waals surface area contributed by atoms with E-state index in [9.17, 15) is 4.79 Å². The van der Waals surface area contributed by atoms with Gasteiger partial charge >= 0.3 is 0 Å². The lowest BCUT2D eigenvalue weighted by molar-refractivity contribution is -0.127. The smallest absolute Gasteiger partial charge is 0.236 e. The van der Waals surface area contributed by atoms with Crippen LogP contribution in [0.1, 0.15) is 26.2 Å². The van der Waals surface area contributed by atoms with Crippen molar-refractivity contribution in [2.24, 2.45) is 5.92 Å². The van der Waals surface area contributed by atoms with E-state index in [1.54, 1.807) is 19.0 Å². The number of hydrogen-bond donors (Lipinski definition) is 2. The van der Waals surface area contributed by atoms with Gasteiger partial charge in [0.1, 0.15) is 0 Å². The van der Waals surface area contributed by atoms with Gasteiger partial charge in [-0.05, 0) is 25.3 Å². The van der Waals surface area contributed by atoms with Crippen LogP contribution in [-0.4, -0.2) is 49.7 Å². The van der Waals surface area contributed by atoms with Gasteiger partial charge in [-0.15, -0.1) is 0 Å².